The average molecular weight is 258 g/mol. The first-order valence-corrected chi connectivity index (χ1v) is 7.29. The van der Waals surface area contributed by atoms with E-state index < -0.39 is 0 Å². The van der Waals surface area contributed by atoms with Crippen molar-refractivity contribution in [1.29, 1.82) is 0 Å². The minimum Gasteiger partial charge on any atom is -0.356 e. The minimum atomic E-state index is 0.186. The van der Waals surface area contributed by atoms with Gasteiger partial charge in [-0.3, -0.25) is 4.79 Å². The van der Waals surface area contributed by atoms with E-state index in [4.69, 9.17) is 0 Å². The van der Waals surface area contributed by atoms with E-state index in [2.05, 4.69) is 41.8 Å². The van der Waals surface area contributed by atoms with Crippen molar-refractivity contribution in [3.63, 3.8) is 0 Å². The molecule has 2 fully saturated rings. The molecule has 1 heterocycles. The van der Waals surface area contributed by atoms with E-state index in [1.807, 2.05) is 0 Å². The summed E-state index contributed by atoms with van der Waals surface area (Å²) < 4.78 is 0. The maximum atomic E-state index is 11.4. The molecule has 0 radical (unpaired) electrons. The van der Waals surface area contributed by atoms with Crippen LogP contribution in [0, 0.1) is 6.92 Å². The maximum Gasteiger partial charge on any atom is 0.220 e. The van der Waals surface area contributed by atoms with Gasteiger partial charge < -0.3 is 10.6 Å². The molecule has 3 nitrogen and oxygen atoms in total. The summed E-state index contributed by atoms with van der Waals surface area (Å²) in [6.45, 7) is 2.93. The maximum absolute atomic E-state index is 11.4. The molecule has 1 aliphatic heterocycles. The van der Waals surface area contributed by atoms with E-state index in [-0.39, 0.29) is 11.4 Å². The quantitative estimate of drug-likeness (QED) is 0.873. The number of benzene rings is 1. The van der Waals surface area contributed by atoms with Crippen molar-refractivity contribution >= 4 is 5.91 Å². The predicted octanol–water partition coefficient (Wildman–Crippen LogP) is 2.24. The lowest BCUT2D eigenvalue weighted by atomic mass is 10.00. The van der Waals surface area contributed by atoms with E-state index in [0.29, 0.717) is 12.5 Å². The van der Waals surface area contributed by atoms with Gasteiger partial charge in [0.05, 0.1) is 0 Å². The van der Waals surface area contributed by atoms with Gasteiger partial charge in [0.15, 0.2) is 0 Å². The molecule has 1 aromatic carbocycles. The zero-order chi connectivity index (χ0) is 13.3. The number of carbonyl (C=O) groups excluding carboxylic acids is 1. The highest BCUT2D eigenvalue weighted by Crippen LogP contribution is 2.46. The topological polar surface area (TPSA) is 41.1 Å². The van der Waals surface area contributed by atoms with Crippen molar-refractivity contribution < 1.29 is 4.79 Å². The molecular formula is C16H22N2O. The van der Waals surface area contributed by atoms with Crippen molar-refractivity contribution in [1.82, 2.24) is 10.6 Å². The van der Waals surface area contributed by atoms with Crippen LogP contribution in [-0.2, 0) is 10.3 Å². The van der Waals surface area contributed by atoms with E-state index in [0.717, 1.165) is 19.4 Å². The smallest absolute Gasteiger partial charge is 0.220 e. The van der Waals surface area contributed by atoms with Crippen LogP contribution < -0.4 is 10.6 Å². The molecule has 102 valence electrons. The third kappa shape index (κ3) is 2.81. The van der Waals surface area contributed by atoms with Gasteiger partial charge in [-0.15, -0.1) is 0 Å². The molecule has 1 saturated heterocycles. The normalized spacial score (nSPS) is 25.5. The largest absolute Gasteiger partial charge is 0.356 e. The Morgan fingerprint density at radius 1 is 1.21 bits per heavy atom. The fraction of sp³-hybridized carbons (Fsp3) is 0.562. The SMILES string of the molecule is Cc1ccc(C2(N[C@@H]3CCNC(=O)CC3)CC2)cc1. The van der Waals surface area contributed by atoms with Crippen LogP contribution in [0.1, 0.15) is 43.2 Å². The Kier molecular flexibility index (Phi) is 3.31. The number of nitrogens with one attached hydrogen (secondary N) is 2. The molecule has 3 heteroatoms. The van der Waals surface area contributed by atoms with Crippen LogP contribution in [-0.4, -0.2) is 18.5 Å². The van der Waals surface area contributed by atoms with Crippen LogP contribution >= 0.6 is 0 Å². The van der Waals surface area contributed by atoms with E-state index in [9.17, 15) is 4.79 Å². The molecule has 2 aliphatic rings. The Bertz CT molecular complexity index is 462. The van der Waals surface area contributed by atoms with Gasteiger partial charge in [-0.25, -0.2) is 0 Å². The highest BCUT2D eigenvalue weighted by Gasteiger charge is 2.45. The van der Waals surface area contributed by atoms with Crippen LogP contribution in [0.15, 0.2) is 24.3 Å². The van der Waals surface area contributed by atoms with Crippen molar-refractivity contribution in [3.05, 3.63) is 35.4 Å². The van der Waals surface area contributed by atoms with Crippen LogP contribution in [0.5, 0.6) is 0 Å². The Morgan fingerprint density at radius 3 is 2.63 bits per heavy atom. The van der Waals surface area contributed by atoms with E-state index in [1.165, 1.54) is 24.0 Å². The van der Waals surface area contributed by atoms with Gasteiger partial charge in [0.1, 0.15) is 0 Å². The third-order valence-electron chi connectivity index (χ3n) is 4.37. The van der Waals surface area contributed by atoms with Crippen molar-refractivity contribution in [3.8, 4) is 0 Å². The number of hydrogen-bond donors (Lipinski definition) is 2. The van der Waals surface area contributed by atoms with Crippen LogP contribution in [0.3, 0.4) is 0 Å². The highest BCUT2D eigenvalue weighted by molar-refractivity contribution is 5.76. The standard InChI is InChI=1S/C16H22N2O/c1-12-2-4-13(5-3-12)16(9-10-16)18-14-6-7-15(19)17-11-8-14/h2-5,14,18H,6-11H2,1H3,(H,17,19)/t14-/m0/s1. The fourth-order valence-electron chi connectivity index (χ4n) is 2.97. The molecule has 0 bridgehead atoms. The molecule has 1 amide bonds. The lowest BCUT2D eigenvalue weighted by Gasteiger charge is -2.25. The van der Waals surface area contributed by atoms with Crippen molar-refractivity contribution in [2.75, 3.05) is 6.54 Å². The summed E-state index contributed by atoms with van der Waals surface area (Å²) in [6, 6.07) is 9.33. The van der Waals surface area contributed by atoms with Gasteiger partial charge in [-0.2, -0.15) is 0 Å². The lowest BCUT2D eigenvalue weighted by molar-refractivity contribution is -0.120. The summed E-state index contributed by atoms with van der Waals surface area (Å²) in [4.78, 5) is 11.4. The number of amides is 1. The second kappa shape index (κ2) is 4.97. The molecule has 2 N–H and O–H groups in total. The third-order valence-corrected chi connectivity index (χ3v) is 4.37. The number of rotatable bonds is 3. The van der Waals surface area contributed by atoms with Crippen molar-refractivity contribution in [2.24, 2.45) is 0 Å². The molecule has 1 atom stereocenters. The van der Waals surface area contributed by atoms with Crippen molar-refractivity contribution in [2.45, 2.75) is 50.6 Å². The summed E-state index contributed by atoms with van der Waals surface area (Å²) in [7, 11) is 0. The number of hydrogen-bond acceptors (Lipinski definition) is 2. The Labute approximate surface area is 114 Å². The summed E-state index contributed by atoms with van der Waals surface area (Å²) in [5.41, 5.74) is 2.90. The minimum absolute atomic E-state index is 0.186. The van der Waals surface area contributed by atoms with Gasteiger partial charge in [0.2, 0.25) is 5.91 Å². The zero-order valence-electron chi connectivity index (χ0n) is 11.5. The first kappa shape index (κ1) is 12.7. The number of aryl methyl sites for hydroxylation is 1. The van der Waals surface area contributed by atoms with Crippen LogP contribution in [0.4, 0.5) is 0 Å². The Morgan fingerprint density at radius 2 is 1.95 bits per heavy atom. The fourth-order valence-corrected chi connectivity index (χ4v) is 2.97. The lowest BCUT2D eigenvalue weighted by Crippen LogP contribution is -2.38. The molecule has 1 aliphatic carbocycles. The Balaban J connectivity index is 1.68. The summed E-state index contributed by atoms with van der Waals surface area (Å²) in [5, 5.41) is 6.76. The first-order chi connectivity index (χ1) is 9.18. The average Bonchev–Trinajstić information content (AvgIpc) is 3.19. The van der Waals surface area contributed by atoms with E-state index >= 15 is 0 Å². The second-order valence-corrected chi connectivity index (χ2v) is 5.97. The van der Waals surface area contributed by atoms with Gasteiger partial charge in [-0.1, -0.05) is 29.8 Å². The van der Waals surface area contributed by atoms with E-state index in [1.54, 1.807) is 0 Å². The van der Waals surface area contributed by atoms with Crippen LogP contribution in [0.25, 0.3) is 0 Å². The molecule has 19 heavy (non-hydrogen) atoms. The second-order valence-electron chi connectivity index (χ2n) is 5.97. The van der Waals surface area contributed by atoms with Gasteiger partial charge in [0, 0.05) is 24.5 Å². The van der Waals surface area contributed by atoms with Gasteiger partial charge >= 0.3 is 0 Å². The molecule has 1 saturated carbocycles. The monoisotopic (exact) mass is 258 g/mol. The van der Waals surface area contributed by atoms with Gasteiger partial charge in [0.25, 0.3) is 0 Å². The molecule has 0 unspecified atom stereocenters. The zero-order valence-corrected chi connectivity index (χ0v) is 11.5. The predicted molar refractivity (Wildman–Crippen MR) is 75.9 cm³/mol. The molecule has 0 spiro atoms. The van der Waals surface area contributed by atoms with Gasteiger partial charge in [-0.05, 0) is 38.2 Å². The molecule has 1 aromatic rings. The Hall–Kier alpha value is -1.35. The summed E-state index contributed by atoms with van der Waals surface area (Å²) in [5.74, 6) is 0.199. The summed E-state index contributed by atoms with van der Waals surface area (Å²) >= 11 is 0. The molecular weight excluding hydrogens is 236 g/mol. The summed E-state index contributed by atoms with van der Waals surface area (Å²) in [6.07, 6.45) is 5.09. The van der Waals surface area contributed by atoms with Crippen LogP contribution in [0.2, 0.25) is 0 Å². The number of carbonyl (C=O) groups is 1. The highest BCUT2D eigenvalue weighted by atomic mass is 16.1. The molecule has 0 aromatic heterocycles. The first-order valence-electron chi connectivity index (χ1n) is 7.29. The molecule has 3 rings (SSSR count).